The van der Waals surface area contributed by atoms with Crippen LogP contribution in [-0.2, 0) is 23.1 Å². The van der Waals surface area contributed by atoms with Gasteiger partial charge in [-0.1, -0.05) is 54.1 Å². The fourth-order valence-electron chi connectivity index (χ4n) is 3.02. The number of nitrogens with one attached hydrogen (secondary N) is 1. The van der Waals surface area contributed by atoms with Gasteiger partial charge in [-0.15, -0.1) is 0 Å². The zero-order valence-electron chi connectivity index (χ0n) is 17.2. The Labute approximate surface area is 194 Å². The maximum absolute atomic E-state index is 13.3. The molecule has 0 saturated carbocycles. The molecule has 0 saturated heterocycles. The molecule has 0 radical (unpaired) electrons. The first kappa shape index (κ1) is 24.8. The Hall–Kier alpha value is -2.88. The van der Waals surface area contributed by atoms with E-state index in [1.165, 1.54) is 52.8 Å². The lowest BCUT2D eigenvalue weighted by atomic mass is 10.1. The minimum Gasteiger partial charge on any atom is -0.343 e. The van der Waals surface area contributed by atoms with Crippen molar-refractivity contribution in [3.63, 3.8) is 0 Å². The zero-order valence-corrected chi connectivity index (χ0v) is 18.8. The lowest BCUT2D eigenvalue weighted by Crippen LogP contribution is -2.33. The van der Waals surface area contributed by atoms with Crippen molar-refractivity contribution in [1.82, 2.24) is 9.62 Å². The van der Waals surface area contributed by atoms with E-state index in [4.69, 9.17) is 11.6 Å². The van der Waals surface area contributed by atoms with E-state index in [-0.39, 0.29) is 23.5 Å². The molecule has 3 aromatic rings. The molecule has 0 aliphatic carbocycles. The van der Waals surface area contributed by atoms with Crippen LogP contribution in [-0.4, -0.2) is 31.4 Å². The molecule has 3 rings (SSSR count). The molecule has 0 aromatic heterocycles. The first-order valence-corrected chi connectivity index (χ1v) is 11.6. The molecule has 3 aromatic carbocycles. The van der Waals surface area contributed by atoms with Gasteiger partial charge in [-0.3, -0.25) is 4.79 Å². The van der Waals surface area contributed by atoms with E-state index in [0.29, 0.717) is 10.6 Å². The molecule has 10 heteroatoms. The van der Waals surface area contributed by atoms with Gasteiger partial charge in [0.05, 0.1) is 4.90 Å². The van der Waals surface area contributed by atoms with E-state index in [0.717, 1.165) is 5.56 Å². The Kier molecular flexibility index (Phi) is 7.78. The summed E-state index contributed by atoms with van der Waals surface area (Å²) in [7, 11) is -3.90. The number of rotatable bonds is 8. The van der Waals surface area contributed by atoms with Gasteiger partial charge < -0.3 is 5.32 Å². The number of benzene rings is 3. The van der Waals surface area contributed by atoms with Crippen molar-refractivity contribution in [2.45, 2.75) is 24.2 Å². The molecule has 1 N–H and O–H groups in total. The first-order chi connectivity index (χ1) is 15.5. The number of hydrogen-bond donors (Lipinski definition) is 1. The highest BCUT2D eigenvalue weighted by Gasteiger charge is 2.28. The van der Waals surface area contributed by atoms with E-state index < -0.39 is 28.7 Å². The Bertz CT molecular complexity index is 1180. The number of amides is 1. The summed E-state index contributed by atoms with van der Waals surface area (Å²) in [6, 6.07) is 20.6. The number of carbonyl (C=O) groups excluding carboxylic acids is 1. The van der Waals surface area contributed by atoms with Crippen LogP contribution in [0.3, 0.4) is 0 Å². The van der Waals surface area contributed by atoms with Crippen LogP contribution in [0.5, 0.6) is 0 Å². The summed E-state index contributed by atoms with van der Waals surface area (Å²) >= 11 is 5.89. The molecule has 0 spiro atoms. The van der Waals surface area contributed by atoms with Crippen LogP contribution < -0.4 is 5.32 Å². The lowest BCUT2D eigenvalue weighted by molar-refractivity contribution is -0.123. The van der Waals surface area contributed by atoms with Gasteiger partial charge in [0.1, 0.15) is 6.54 Å². The SMILES string of the molecule is O=C(NCC(F)(F)F)c1ccc(CN(Cc2ccccc2)S(=O)(=O)c2ccc(Cl)cc2)cc1. The molecule has 5 nitrogen and oxygen atoms in total. The van der Waals surface area contributed by atoms with Crippen molar-refractivity contribution in [3.8, 4) is 0 Å². The van der Waals surface area contributed by atoms with Crippen LogP contribution in [0.2, 0.25) is 5.02 Å². The summed E-state index contributed by atoms with van der Waals surface area (Å²) in [6.45, 7) is -1.35. The molecule has 0 unspecified atom stereocenters. The molecule has 1 amide bonds. The van der Waals surface area contributed by atoms with Crippen molar-refractivity contribution in [2.75, 3.05) is 6.54 Å². The summed E-state index contributed by atoms with van der Waals surface area (Å²) in [5.74, 6) is -0.867. The van der Waals surface area contributed by atoms with Gasteiger partial charge in [-0.05, 0) is 47.5 Å². The van der Waals surface area contributed by atoms with Gasteiger partial charge in [-0.2, -0.15) is 17.5 Å². The van der Waals surface area contributed by atoms with Crippen molar-refractivity contribution >= 4 is 27.5 Å². The standard InChI is InChI=1S/C23H20ClF3N2O3S/c24-20-10-12-21(13-11-20)33(31,32)29(14-17-4-2-1-3-5-17)15-18-6-8-19(9-7-18)22(30)28-16-23(25,26)27/h1-13H,14-16H2,(H,28,30). The van der Waals surface area contributed by atoms with Gasteiger partial charge in [0.15, 0.2) is 0 Å². The number of carbonyl (C=O) groups is 1. The number of halogens is 4. The Balaban J connectivity index is 1.83. The van der Waals surface area contributed by atoms with E-state index in [9.17, 15) is 26.4 Å². The van der Waals surface area contributed by atoms with Crippen LogP contribution in [0, 0.1) is 0 Å². The molecule has 0 aliphatic rings. The monoisotopic (exact) mass is 496 g/mol. The molecule has 33 heavy (non-hydrogen) atoms. The summed E-state index contributed by atoms with van der Waals surface area (Å²) < 4.78 is 64.8. The number of hydrogen-bond acceptors (Lipinski definition) is 3. The van der Waals surface area contributed by atoms with Crippen molar-refractivity contribution in [2.24, 2.45) is 0 Å². The lowest BCUT2D eigenvalue weighted by Gasteiger charge is -2.23. The Morgan fingerprint density at radius 1 is 0.848 bits per heavy atom. The predicted octanol–water partition coefficient (Wildman–Crippen LogP) is 5.02. The first-order valence-electron chi connectivity index (χ1n) is 9.78. The van der Waals surface area contributed by atoms with E-state index in [1.54, 1.807) is 29.6 Å². The van der Waals surface area contributed by atoms with E-state index in [2.05, 4.69) is 0 Å². The minimum absolute atomic E-state index is 0.00962. The zero-order chi connectivity index (χ0) is 24.1. The topological polar surface area (TPSA) is 66.5 Å². The fourth-order valence-corrected chi connectivity index (χ4v) is 4.56. The second kappa shape index (κ2) is 10.4. The fraction of sp³-hybridized carbons (Fsp3) is 0.174. The van der Waals surface area contributed by atoms with E-state index in [1.807, 2.05) is 6.07 Å². The van der Waals surface area contributed by atoms with Crippen LogP contribution in [0.25, 0.3) is 0 Å². The largest absolute Gasteiger partial charge is 0.405 e. The third kappa shape index (κ3) is 7.05. The smallest absolute Gasteiger partial charge is 0.343 e. The second-order valence-corrected chi connectivity index (χ2v) is 9.58. The maximum atomic E-state index is 13.3. The Morgan fingerprint density at radius 3 is 1.94 bits per heavy atom. The number of nitrogens with zero attached hydrogens (tertiary/aromatic N) is 1. The molecular weight excluding hydrogens is 477 g/mol. The van der Waals surface area contributed by atoms with Gasteiger partial charge >= 0.3 is 6.18 Å². The van der Waals surface area contributed by atoms with E-state index >= 15 is 0 Å². The predicted molar refractivity (Wildman–Crippen MR) is 119 cm³/mol. The number of alkyl halides is 3. The third-order valence-electron chi connectivity index (χ3n) is 4.68. The van der Waals surface area contributed by atoms with Gasteiger partial charge in [0.2, 0.25) is 10.0 Å². The minimum atomic E-state index is -4.51. The molecule has 0 atom stereocenters. The van der Waals surface area contributed by atoms with Gasteiger partial charge in [0.25, 0.3) is 5.91 Å². The molecule has 0 fully saturated rings. The van der Waals surface area contributed by atoms with Crippen molar-refractivity contribution in [1.29, 1.82) is 0 Å². The average Bonchev–Trinajstić information content (AvgIpc) is 2.78. The quantitative estimate of drug-likeness (QED) is 0.476. The van der Waals surface area contributed by atoms with Crippen LogP contribution >= 0.6 is 11.6 Å². The highest BCUT2D eigenvalue weighted by Crippen LogP contribution is 2.23. The van der Waals surface area contributed by atoms with Crippen molar-refractivity contribution in [3.05, 3.63) is 101 Å². The van der Waals surface area contributed by atoms with Gasteiger partial charge in [0, 0.05) is 23.7 Å². The van der Waals surface area contributed by atoms with Gasteiger partial charge in [-0.25, -0.2) is 8.42 Å². The summed E-state index contributed by atoms with van der Waals surface area (Å²) in [5.41, 5.74) is 1.38. The summed E-state index contributed by atoms with van der Waals surface area (Å²) in [4.78, 5) is 12.0. The van der Waals surface area contributed by atoms with Crippen LogP contribution in [0.15, 0.2) is 83.8 Å². The molecule has 0 heterocycles. The Morgan fingerprint density at radius 2 is 1.39 bits per heavy atom. The van der Waals surface area contributed by atoms with Crippen LogP contribution in [0.1, 0.15) is 21.5 Å². The molecule has 0 bridgehead atoms. The molecule has 0 aliphatic heterocycles. The highest BCUT2D eigenvalue weighted by molar-refractivity contribution is 7.89. The highest BCUT2D eigenvalue weighted by atomic mass is 35.5. The summed E-state index contributed by atoms with van der Waals surface area (Å²) in [6.07, 6.45) is -4.51. The summed E-state index contributed by atoms with van der Waals surface area (Å²) in [5, 5.41) is 2.21. The molecule has 174 valence electrons. The number of sulfonamides is 1. The van der Waals surface area contributed by atoms with Crippen LogP contribution in [0.4, 0.5) is 13.2 Å². The molecular formula is C23H20ClF3N2O3S. The maximum Gasteiger partial charge on any atom is 0.405 e. The third-order valence-corrected chi connectivity index (χ3v) is 6.74. The average molecular weight is 497 g/mol. The van der Waals surface area contributed by atoms with Crippen molar-refractivity contribution < 1.29 is 26.4 Å². The normalized spacial score (nSPS) is 12.0. The second-order valence-electron chi connectivity index (χ2n) is 7.21.